The van der Waals surface area contributed by atoms with Gasteiger partial charge in [0, 0.05) is 25.8 Å². The molecule has 62 heavy (non-hydrogen) atoms. The van der Waals surface area contributed by atoms with Crippen LogP contribution < -0.4 is 9.30 Å². The molecule has 0 atom stereocenters. The van der Waals surface area contributed by atoms with E-state index in [0.717, 1.165) is 72.9 Å². The number of aromatic nitrogens is 4. The van der Waals surface area contributed by atoms with Crippen LogP contribution in [0.1, 0.15) is 48.5 Å². The number of hydrogen-bond donors (Lipinski definition) is 0. The Labute approximate surface area is 367 Å². The second-order valence-electron chi connectivity index (χ2n) is 17.5. The van der Waals surface area contributed by atoms with E-state index in [1.54, 1.807) is 12.3 Å². The zero-order valence-electron chi connectivity index (χ0n) is 37.8. The van der Waals surface area contributed by atoms with Crippen LogP contribution in [-0.4, -0.2) is 14.1 Å². The van der Waals surface area contributed by atoms with Gasteiger partial charge >= 0.3 is 0 Å². The molecule has 0 aliphatic carbocycles. The Kier molecular flexibility index (Phi) is 9.44. The third-order valence-electron chi connectivity index (χ3n) is 11.2. The molecular formula is C57H50N4O. The molecule has 0 amide bonds. The third kappa shape index (κ3) is 7.56. The summed E-state index contributed by atoms with van der Waals surface area (Å²) < 4.78 is 31.4. The van der Waals surface area contributed by atoms with Gasteiger partial charge in [0.1, 0.15) is 17.3 Å². The third-order valence-corrected chi connectivity index (χ3v) is 11.2. The van der Waals surface area contributed by atoms with E-state index in [1.165, 1.54) is 5.56 Å². The number of para-hydroxylation sites is 3. The van der Waals surface area contributed by atoms with Crippen LogP contribution in [0, 0.1) is 17.7 Å². The quantitative estimate of drug-likeness (QED) is 0.102. The van der Waals surface area contributed by atoms with E-state index >= 15 is 0 Å². The Morgan fingerprint density at radius 2 is 1.32 bits per heavy atom. The number of benzene rings is 7. The number of ether oxygens (including phenoxy) is 1. The molecule has 0 bridgehead atoms. The molecular weight excluding hydrogens is 757 g/mol. The minimum Gasteiger partial charge on any atom is -0.458 e. The number of nitrogens with zero attached hydrogens (tertiary/aromatic N) is 4. The van der Waals surface area contributed by atoms with Crippen molar-refractivity contribution in [2.75, 3.05) is 0 Å². The van der Waals surface area contributed by atoms with Crippen LogP contribution >= 0.6 is 0 Å². The van der Waals surface area contributed by atoms with Crippen molar-refractivity contribution >= 4 is 32.8 Å². The van der Waals surface area contributed by atoms with Crippen LogP contribution in [0.4, 0.5) is 0 Å². The summed E-state index contributed by atoms with van der Waals surface area (Å²) in [7, 11) is 0. The minimum absolute atomic E-state index is 0.517. The minimum atomic E-state index is -1.58. The maximum Gasteiger partial charge on any atom is 0.269 e. The highest BCUT2D eigenvalue weighted by Gasteiger charge is 2.21. The van der Waals surface area contributed by atoms with Crippen LogP contribution in [0.15, 0.2) is 182 Å². The first kappa shape index (κ1) is 36.6. The van der Waals surface area contributed by atoms with Crippen molar-refractivity contribution in [3.05, 3.63) is 200 Å². The van der Waals surface area contributed by atoms with Gasteiger partial charge in [-0.1, -0.05) is 150 Å². The molecule has 0 spiro atoms. The van der Waals surface area contributed by atoms with Crippen LogP contribution in [0.5, 0.6) is 11.5 Å². The lowest BCUT2D eigenvalue weighted by atomic mass is 9.88. The average Bonchev–Trinajstić information content (AvgIpc) is 3.84. The van der Waals surface area contributed by atoms with E-state index < -0.39 is 11.8 Å². The van der Waals surface area contributed by atoms with Gasteiger partial charge in [-0.15, -0.1) is 0 Å². The summed E-state index contributed by atoms with van der Waals surface area (Å²) in [4.78, 5) is 4.85. The van der Waals surface area contributed by atoms with Crippen LogP contribution in [0.2, 0.25) is 0 Å². The predicted octanol–water partition coefficient (Wildman–Crippen LogP) is 14.1. The summed E-state index contributed by atoms with van der Waals surface area (Å²) in [5, 5.41) is 2.21. The van der Waals surface area contributed by atoms with Crippen molar-refractivity contribution in [3.63, 3.8) is 0 Å². The molecule has 0 aliphatic heterocycles. The molecule has 5 heteroatoms. The van der Waals surface area contributed by atoms with Gasteiger partial charge in [-0.3, -0.25) is 13.7 Å². The fourth-order valence-electron chi connectivity index (χ4n) is 8.73. The van der Waals surface area contributed by atoms with Crippen molar-refractivity contribution in [2.24, 2.45) is 11.3 Å². The number of pyridine rings is 1. The molecule has 5 nitrogen and oxygen atoms in total. The summed E-state index contributed by atoms with van der Waals surface area (Å²) in [5.74, 6) is 2.54. The summed E-state index contributed by atoms with van der Waals surface area (Å²) in [6.45, 7) is 10.3. The lowest BCUT2D eigenvalue weighted by Crippen LogP contribution is -2.31. The van der Waals surface area contributed by atoms with E-state index in [4.69, 9.17) is 12.5 Å². The van der Waals surface area contributed by atoms with E-state index in [1.807, 2.05) is 45.0 Å². The van der Waals surface area contributed by atoms with Crippen molar-refractivity contribution < 1.29 is 12.0 Å². The molecule has 3 heterocycles. The van der Waals surface area contributed by atoms with Crippen LogP contribution in [-0.2, 0) is 12.8 Å². The molecule has 0 saturated heterocycles. The van der Waals surface area contributed by atoms with Crippen molar-refractivity contribution in [3.8, 4) is 50.9 Å². The maximum absolute atomic E-state index is 9.08. The number of imidazole rings is 1. The van der Waals surface area contributed by atoms with E-state index in [0.29, 0.717) is 28.8 Å². The SMILES string of the molecule is [2H]C([2H])(c1ccnc(-n2c3ccc(CC(C)C)cc3c3ccc(Oc4cccc(-n5[c-][n+](-c6c(-c7ccccc7)cccc6-c6ccccc6)c6ccccc65)c4)cc32)c1)C(C)(C)C. The predicted molar refractivity (Wildman–Crippen MR) is 255 cm³/mol. The Morgan fingerprint density at radius 1 is 0.629 bits per heavy atom. The normalized spacial score (nSPS) is 12.6. The molecule has 0 unspecified atom stereocenters. The highest BCUT2D eigenvalue weighted by molar-refractivity contribution is 6.09. The van der Waals surface area contributed by atoms with Gasteiger partial charge < -0.3 is 4.74 Å². The smallest absolute Gasteiger partial charge is 0.269 e. The van der Waals surface area contributed by atoms with Gasteiger partial charge in [0.15, 0.2) is 0 Å². The lowest BCUT2D eigenvalue weighted by Gasteiger charge is -2.18. The molecule has 3 aromatic heterocycles. The zero-order valence-corrected chi connectivity index (χ0v) is 35.8. The average molecular weight is 809 g/mol. The van der Waals surface area contributed by atoms with Gasteiger partial charge in [-0.25, -0.2) is 4.98 Å². The Morgan fingerprint density at radius 3 is 2.05 bits per heavy atom. The van der Waals surface area contributed by atoms with Crippen LogP contribution in [0.3, 0.4) is 0 Å². The Hall–Kier alpha value is -7.24. The summed E-state index contributed by atoms with van der Waals surface area (Å²) in [6, 6.07) is 60.8. The van der Waals surface area contributed by atoms with Crippen molar-refractivity contribution in [2.45, 2.75) is 47.4 Å². The standard InChI is InChI=1S/C57H50N4O/c1-39(2)32-40-26-29-51-50(33-40)49-28-27-46(36-54(49)61(51)55-34-41(30-31-58-55)37-57(3,4)5)62-45-21-14-20-44(35-45)59-38-60(53-25-13-12-24-52(53)59)56-47(42-16-8-6-9-17-42)22-15-23-48(56)43-18-10-7-11-19-43/h6-31,33-36,39H,32,37H2,1-5H3/i37D2. The van der Waals surface area contributed by atoms with Gasteiger partial charge in [-0.2, -0.15) is 0 Å². The second kappa shape index (κ2) is 16.0. The Bertz CT molecular complexity index is 3270. The van der Waals surface area contributed by atoms with E-state index in [2.05, 4.69) is 179 Å². The highest BCUT2D eigenvalue weighted by Crippen LogP contribution is 2.38. The fraction of sp³-hybridized carbons (Fsp3) is 0.158. The monoisotopic (exact) mass is 808 g/mol. The Balaban J connectivity index is 1.08. The van der Waals surface area contributed by atoms with Crippen molar-refractivity contribution in [1.29, 1.82) is 0 Å². The first-order chi connectivity index (χ1) is 30.9. The second-order valence-corrected chi connectivity index (χ2v) is 17.5. The van der Waals surface area contributed by atoms with Gasteiger partial charge in [-0.05, 0) is 112 Å². The first-order valence-corrected chi connectivity index (χ1v) is 21.5. The molecule has 10 aromatic rings. The fourth-order valence-corrected chi connectivity index (χ4v) is 8.73. The largest absolute Gasteiger partial charge is 0.458 e. The molecule has 0 aliphatic rings. The molecule has 7 aromatic carbocycles. The molecule has 0 radical (unpaired) electrons. The van der Waals surface area contributed by atoms with Crippen LogP contribution in [0.25, 0.3) is 72.3 Å². The van der Waals surface area contributed by atoms with Gasteiger partial charge in [0.25, 0.3) is 6.33 Å². The van der Waals surface area contributed by atoms with E-state index in [9.17, 15) is 0 Å². The molecule has 304 valence electrons. The molecule has 0 fully saturated rings. The van der Waals surface area contributed by atoms with Gasteiger partial charge in [0.05, 0.1) is 33.4 Å². The summed E-state index contributed by atoms with van der Waals surface area (Å²) >= 11 is 0. The number of hydrogen-bond acceptors (Lipinski definition) is 2. The summed E-state index contributed by atoms with van der Waals surface area (Å²) in [6.07, 6.45) is 4.90. The van der Waals surface area contributed by atoms with Gasteiger partial charge in [0.2, 0.25) is 0 Å². The maximum atomic E-state index is 9.08. The number of rotatable bonds is 10. The molecule has 0 N–H and O–H groups in total. The summed E-state index contributed by atoms with van der Waals surface area (Å²) in [5.41, 5.74) is 11.7. The first-order valence-electron chi connectivity index (χ1n) is 22.5. The molecule has 10 rings (SSSR count). The highest BCUT2D eigenvalue weighted by atomic mass is 16.5. The molecule has 0 saturated carbocycles. The van der Waals surface area contributed by atoms with Crippen molar-refractivity contribution in [1.82, 2.24) is 14.1 Å². The topological polar surface area (TPSA) is 35.9 Å². The van der Waals surface area contributed by atoms with E-state index in [-0.39, 0.29) is 0 Å². The lowest BCUT2D eigenvalue weighted by molar-refractivity contribution is -0.571. The zero-order chi connectivity index (χ0) is 44.2. The number of fused-ring (bicyclic) bond motifs is 4.